The first-order valence-electron chi connectivity index (χ1n) is 10.0. The highest BCUT2D eigenvalue weighted by atomic mass is 16.5. The molecule has 3 aromatic rings. The smallest absolute Gasteiger partial charge is 0.342 e. The summed E-state index contributed by atoms with van der Waals surface area (Å²) < 4.78 is 16.3. The second-order valence-electron chi connectivity index (χ2n) is 7.41. The van der Waals surface area contributed by atoms with Crippen LogP contribution in [0.15, 0.2) is 40.9 Å². The van der Waals surface area contributed by atoms with Crippen LogP contribution in [-0.2, 0) is 20.9 Å². The molecule has 0 unspecified atom stereocenters. The van der Waals surface area contributed by atoms with Gasteiger partial charge in [0, 0.05) is 13.0 Å². The lowest BCUT2D eigenvalue weighted by molar-refractivity contribution is -0.143. The minimum absolute atomic E-state index is 0.168. The van der Waals surface area contributed by atoms with Crippen LogP contribution in [0.5, 0.6) is 5.75 Å². The molecule has 0 atom stereocenters. The Bertz CT molecular complexity index is 1150. The van der Waals surface area contributed by atoms with Crippen LogP contribution in [0.25, 0.3) is 10.8 Å². The monoisotopic (exact) mass is 422 g/mol. The maximum atomic E-state index is 12.8. The van der Waals surface area contributed by atoms with Gasteiger partial charge in [-0.05, 0) is 43.2 Å². The molecule has 0 saturated carbocycles. The topological polar surface area (TPSA) is 98.9 Å². The zero-order chi connectivity index (χ0) is 22.0. The third-order valence-electron chi connectivity index (χ3n) is 5.32. The highest BCUT2D eigenvalue weighted by Crippen LogP contribution is 2.28. The Morgan fingerprint density at radius 2 is 1.90 bits per heavy atom. The van der Waals surface area contributed by atoms with Crippen LogP contribution >= 0.6 is 0 Å². The lowest BCUT2D eigenvalue weighted by Crippen LogP contribution is -2.35. The zero-order valence-corrected chi connectivity index (χ0v) is 17.3. The second kappa shape index (κ2) is 8.59. The number of ether oxygens (including phenoxy) is 2. The fourth-order valence-corrected chi connectivity index (χ4v) is 3.55. The number of benzene rings is 2. The number of hydrogen-bond acceptors (Lipinski definition) is 7. The summed E-state index contributed by atoms with van der Waals surface area (Å²) in [5, 5.41) is 5.64. The number of likely N-dealkylation sites (tertiary alicyclic amines) is 1. The van der Waals surface area contributed by atoms with Gasteiger partial charge in [0.1, 0.15) is 23.7 Å². The quantitative estimate of drug-likeness (QED) is 0.562. The first kappa shape index (κ1) is 20.6. The van der Waals surface area contributed by atoms with E-state index in [2.05, 4.69) is 5.16 Å². The number of fused-ring (bicyclic) bond motifs is 1. The summed E-state index contributed by atoms with van der Waals surface area (Å²) >= 11 is 0. The van der Waals surface area contributed by atoms with Crippen LogP contribution in [0.1, 0.15) is 40.2 Å². The third kappa shape index (κ3) is 4.28. The first-order chi connectivity index (χ1) is 14.9. The maximum Gasteiger partial charge on any atom is 0.342 e. The number of hydrogen-bond donors (Lipinski definition) is 0. The molecule has 31 heavy (non-hydrogen) atoms. The molecule has 0 aliphatic carbocycles. The van der Waals surface area contributed by atoms with E-state index >= 15 is 0 Å². The summed E-state index contributed by atoms with van der Waals surface area (Å²) in [6.07, 6.45) is 0.965. The number of aryl methyl sites for hydroxylation is 2. The Balaban J connectivity index is 1.55. The van der Waals surface area contributed by atoms with Crippen molar-refractivity contribution in [1.29, 1.82) is 0 Å². The van der Waals surface area contributed by atoms with Gasteiger partial charge in [-0.3, -0.25) is 14.5 Å². The van der Waals surface area contributed by atoms with E-state index in [-0.39, 0.29) is 18.1 Å². The number of nitrogens with zero attached hydrogens (tertiary/aromatic N) is 2. The fourth-order valence-electron chi connectivity index (χ4n) is 3.55. The predicted molar refractivity (Wildman–Crippen MR) is 110 cm³/mol. The highest BCUT2D eigenvalue weighted by molar-refractivity contribution is 6.01. The summed E-state index contributed by atoms with van der Waals surface area (Å²) in [4.78, 5) is 37.9. The number of carbonyl (C=O) groups excluding carboxylic acids is 3. The van der Waals surface area contributed by atoms with E-state index in [9.17, 15) is 14.4 Å². The van der Waals surface area contributed by atoms with E-state index in [1.165, 1.54) is 0 Å². The molecule has 0 bridgehead atoms. The molecule has 1 aromatic heterocycles. The van der Waals surface area contributed by atoms with E-state index < -0.39 is 18.5 Å². The van der Waals surface area contributed by atoms with Gasteiger partial charge in [-0.1, -0.05) is 29.4 Å². The molecule has 0 N–H and O–H groups in total. The summed E-state index contributed by atoms with van der Waals surface area (Å²) in [5.41, 5.74) is 1.71. The SMILES string of the molecule is Cc1noc(C)c1COc1cc2ccccc2cc1C(=O)OCC(=O)N1CCCC1=O. The molecular formula is C23H22N2O6. The standard InChI is InChI=1S/C23H22N2O6/c1-14-19(15(2)31-24-14)12-29-20-11-17-7-4-3-6-16(17)10-18(20)23(28)30-13-22(27)25-9-5-8-21(25)26/h3-4,6-7,10-11H,5,8-9,12-13H2,1-2H3. The first-order valence-corrected chi connectivity index (χ1v) is 10.0. The van der Waals surface area contributed by atoms with E-state index in [0.717, 1.165) is 21.2 Å². The van der Waals surface area contributed by atoms with Crippen molar-refractivity contribution in [1.82, 2.24) is 10.1 Å². The summed E-state index contributed by atoms with van der Waals surface area (Å²) in [6.45, 7) is 3.63. The number of aromatic nitrogens is 1. The van der Waals surface area contributed by atoms with Gasteiger partial charge in [-0.15, -0.1) is 0 Å². The van der Waals surface area contributed by atoms with Crippen molar-refractivity contribution in [2.24, 2.45) is 0 Å². The Labute approximate surface area is 178 Å². The fraction of sp³-hybridized carbons (Fsp3) is 0.304. The van der Waals surface area contributed by atoms with Crippen molar-refractivity contribution >= 4 is 28.6 Å². The molecule has 1 aliphatic rings. The molecule has 0 radical (unpaired) electrons. The molecule has 8 heteroatoms. The number of imide groups is 1. The summed E-state index contributed by atoms with van der Waals surface area (Å²) in [5.74, 6) is -0.485. The lowest BCUT2D eigenvalue weighted by Gasteiger charge is -2.15. The van der Waals surface area contributed by atoms with Crippen LogP contribution in [0.4, 0.5) is 0 Å². The molecule has 1 fully saturated rings. The maximum absolute atomic E-state index is 12.8. The predicted octanol–water partition coefficient (Wildman–Crippen LogP) is 3.33. The van der Waals surface area contributed by atoms with Gasteiger partial charge >= 0.3 is 5.97 Å². The van der Waals surface area contributed by atoms with E-state index in [1.807, 2.05) is 31.2 Å². The van der Waals surface area contributed by atoms with Gasteiger partial charge in [0.15, 0.2) is 6.61 Å². The van der Waals surface area contributed by atoms with Crippen molar-refractivity contribution < 1.29 is 28.4 Å². The molecule has 1 saturated heterocycles. The van der Waals surface area contributed by atoms with Crippen molar-refractivity contribution in [3.8, 4) is 5.75 Å². The highest BCUT2D eigenvalue weighted by Gasteiger charge is 2.27. The van der Waals surface area contributed by atoms with Crippen LogP contribution in [0.2, 0.25) is 0 Å². The Hall–Kier alpha value is -3.68. The number of esters is 1. The van der Waals surface area contributed by atoms with Crippen molar-refractivity contribution in [3.05, 3.63) is 59.0 Å². The molecule has 8 nitrogen and oxygen atoms in total. The van der Waals surface area contributed by atoms with E-state index in [4.69, 9.17) is 14.0 Å². The number of rotatable bonds is 6. The summed E-state index contributed by atoms with van der Waals surface area (Å²) in [6, 6.07) is 11.0. The van der Waals surface area contributed by atoms with E-state index in [0.29, 0.717) is 36.6 Å². The summed E-state index contributed by atoms with van der Waals surface area (Å²) in [7, 11) is 0. The van der Waals surface area contributed by atoms with Gasteiger partial charge in [0.25, 0.3) is 5.91 Å². The Kier molecular flexibility index (Phi) is 5.70. The normalized spacial score (nSPS) is 13.6. The Morgan fingerprint density at radius 3 is 2.55 bits per heavy atom. The van der Waals surface area contributed by atoms with Crippen LogP contribution in [-0.4, -0.2) is 41.0 Å². The molecule has 0 spiro atoms. The van der Waals surface area contributed by atoms with Crippen LogP contribution < -0.4 is 4.74 Å². The van der Waals surface area contributed by atoms with Gasteiger partial charge in [-0.2, -0.15) is 0 Å². The van der Waals surface area contributed by atoms with Crippen molar-refractivity contribution in [2.45, 2.75) is 33.3 Å². The Morgan fingerprint density at radius 1 is 1.16 bits per heavy atom. The molecule has 2 amide bonds. The second-order valence-corrected chi connectivity index (χ2v) is 7.41. The third-order valence-corrected chi connectivity index (χ3v) is 5.32. The van der Waals surface area contributed by atoms with E-state index in [1.54, 1.807) is 19.1 Å². The number of amides is 2. The largest absolute Gasteiger partial charge is 0.488 e. The molecule has 2 heterocycles. The molecule has 160 valence electrons. The number of carbonyl (C=O) groups is 3. The van der Waals surface area contributed by atoms with Gasteiger partial charge < -0.3 is 14.0 Å². The van der Waals surface area contributed by atoms with Gasteiger partial charge in [0.2, 0.25) is 5.91 Å². The molecule has 1 aliphatic heterocycles. The zero-order valence-electron chi connectivity index (χ0n) is 17.3. The molecular weight excluding hydrogens is 400 g/mol. The van der Waals surface area contributed by atoms with Crippen LogP contribution in [0.3, 0.4) is 0 Å². The van der Waals surface area contributed by atoms with Crippen LogP contribution in [0, 0.1) is 13.8 Å². The average molecular weight is 422 g/mol. The lowest BCUT2D eigenvalue weighted by atomic mass is 10.1. The van der Waals surface area contributed by atoms with Gasteiger partial charge in [-0.25, -0.2) is 4.79 Å². The minimum atomic E-state index is -0.695. The van der Waals surface area contributed by atoms with Crippen molar-refractivity contribution in [3.63, 3.8) is 0 Å². The van der Waals surface area contributed by atoms with Gasteiger partial charge in [0.05, 0.1) is 11.3 Å². The van der Waals surface area contributed by atoms with Crippen molar-refractivity contribution in [2.75, 3.05) is 13.2 Å². The minimum Gasteiger partial charge on any atom is -0.488 e. The molecule has 4 rings (SSSR count). The average Bonchev–Trinajstić information content (AvgIpc) is 3.34. The molecule has 2 aromatic carbocycles.